The molecule has 3 aliphatic rings. The predicted molar refractivity (Wildman–Crippen MR) is 138 cm³/mol. The summed E-state index contributed by atoms with van der Waals surface area (Å²) in [6.45, 7) is 8.23. The predicted octanol–water partition coefficient (Wildman–Crippen LogP) is 1.89. The second-order valence-electron chi connectivity index (χ2n) is 9.63. The minimum atomic E-state index is -0.383. The average molecular weight is 515 g/mol. The van der Waals surface area contributed by atoms with E-state index in [1.807, 2.05) is 6.92 Å². The van der Waals surface area contributed by atoms with Gasteiger partial charge in [0.25, 0.3) is 5.56 Å². The van der Waals surface area contributed by atoms with Gasteiger partial charge in [-0.15, -0.1) is 11.3 Å². The lowest BCUT2D eigenvalue weighted by Crippen LogP contribution is -2.54. The number of carbonyl (C=O) groups excluding carboxylic acids is 2. The number of fused-ring (bicyclic) bond motifs is 3. The number of nitrogens with one attached hydrogen (secondary N) is 3. The van der Waals surface area contributed by atoms with Gasteiger partial charge in [0.2, 0.25) is 0 Å². The first-order chi connectivity index (χ1) is 17.5. The summed E-state index contributed by atoms with van der Waals surface area (Å²) in [4.78, 5) is 52.2. The molecule has 194 valence electrons. The number of hydrogen-bond donors (Lipinski definition) is 3. The third-order valence-corrected chi connectivity index (χ3v) is 8.43. The molecule has 0 spiro atoms. The number of aryl methyl sites for hydroxylation is 2. The Morgan fingerprint density at radius 1 is 1.08 bits per heavy atom. The lowest BCUT2D eigenvalue weighted by Gasteiger charge is -2.36. The molecular formula is C25H34N6O4S. The number of amides is 2. The van der Waals surface area contributed by atoms with E-state index >= 15 is 0 Å². The van der Waals surface area contributed by atoms with E-state index in [1.165, 1.54) is 16.9 Å². The van der Waals surface area contributed by atoms with Crippen molar-refractivity contribution in [1.82, 2.24) is 30.4 Å². The molecule has 5 rings (SSSR count). The molecule has 0 bridgehead atoms. The number of thiophene rings is 1. The van der Waals surface area contributed by atoms with Gasteiger partial charge in [0.1, 0.15) is 10.7 Å². The number of carbonyl (C=O) groups is 2. The smallest absolute Gasteiger partial charge is 0.337 e. The molecule has 2 aliphatic heterocycles. The second-order valence-corrected chi connectivity index (χ2v) is 10.7. The van der Waals surface area contributed by atoms with Gasteiger partial charge in [-0.1, -0.05) is 6.92 Å². The topological polar surface area (TPSA) is 120 Å². The zero-order valence-electron chi connectivity index (χ0n) is 20.9. The van der Waals surface area contributed by atoms with Gasteiger partial charge in [0.05, 0.1) is 30.2 Å². The van der Waals surface area contributed by atoms with Crippen molar-refractivity contribution >= 4 is 33.6 Å². The molecule has 2 aromatic rings. The standard InChI is InChI=1S/C25H34N6O4S/c1-3-16-21(24(33)35-4-2)17(27-25(34)26-16)13-30-9-11-31(12-10-30)14-19-28-22(32)20-15-7-5-6-8-18(15)36-23(20)29-19/h16H,3-14H2,1-2H3,(H2,26,27,34)(H,28,29,32)/t16-/m0/s1. The van der Waals surface area contributed by atoms with Gasteiger partial charge in [-0.25, -0.2) is 14.6 Å². The molecule has 1 saturated heterocycles. The van der Waals surface area contributed by atoms with E-state index in [9.17, 15) is 14.4 Å². The Morgan fingerprint density at radius 2 is 1.81 bits per heavy atom. The van der Waals surface area contributed by atoms with Crippen LogP contribution in [0.15, 0.2) is 16.1 Å². The molecule has 0 saturated carbocycles. The number of aromatic amines is 1. The molecule has 1 fully saturated rings. The first-order valence-corrected chi connectivity index (χ1v) is 13.7. The van der Waals surface area contributed by atoms with Crippen LogP contribution in [0.3, 0.4) is 0 Å². The van der Waals surface area contributed by atoms with Crippen molar-refractivity contribution in [2.75, 3.05) is 39.3 Å². The Bertz CT molecular complexity index is 1240. The summed E-state index contributed by atoms with van der Waals surface area (Å²) < 4.78 is 5.27. The maximum Gasteiger partial charge on any atom is 0.337 e. The fraction of sp³-hybridized carbons (Fsp3) is 0.600. The Labute approximate surface area is 214 Å². The fourth-order valence-electron chi connectivity index (χ4n) is 5.41. The number of rotatable bonds is 7. The Balaban J connectivity index is 1.25. The fourth-order valence-corrected chi connectivity index (χ4v) is 6.69. The average Bonchev–Trinajstić information content (AvgIpc) is 3.24. The van der Waals surface area contributed by atoms with Gasteiger partial charge in [-0.3, -0.25) is 14.6 Å². The van der Waals surface area contributed by atoms with Crippen LogP contribution in [0, 0.1) is 0 Å². The Morgan fingerprint density at radius 3 is 2.53 bits per heavy atom. The minimum Gasteiger partial charge on any atom is -0.463 e. The number of nitrogens with zero attached hydrogens (tertiary/aromatic N) is 3. The van der Waals surface area contributed by atoms with Gasteiger partial charge in [0.15, 0.2) is 0 Å². The van der Waals surface area contributed by atoms with Crippen molar-refractivity contribution in [2.24, 2.45) is 0 Å². The van der Waals surface area contributed by atoms with Crippen LogP contribution in [-0.4, -0.2) is 77.1 Å². The first-order valence-electron chi connectivity index (χ1n) is 12.9. The van der Waals surface area contributed by atoms with Crippen molar-refractivity contribution in [2.45, 2.75) is 58.5 Å². The molecule has 10 nitrogen and oxygen atoms in total. The summed E-state index contributed by atoms with van der Waals surface area (Å²) in [6, 6.07) is -0.640. The van der Waals surface area contributed by atoms with E-state index in [4.69, 9.17) is 9.72 Å². The molecule has 2 amide bonds. The summed E-state index contributed by atoms with van der Waals surface area (Å²) in [5.41, 5.74) is 2.33. The molecule has 36 heavy (non-hydrogen) atoms. The monoisotopic (exact) mass is 514 g/mol. The van der Waals surface area contributed by atoms with Gasteiger partial charge in [-0.05, 0) is 44.6 Å². The van der Waals surface area contributed by atoms with Crippen molar-refractivity contribution in [3.8, 4) is 0 Å². The molecule has 0 unspecified atom stereocenters. The largest absolute Gasteiger partial charge is 0.463 e. The lowest BCUT2D eigenvalue weighted by molar-refractivity contribution is -0.139. The van der Waals surface area contributed by atoms with E-state index in [0.717, 1.165) is 55.7 Å². The number of urea groups is 1. The second kappa shape index (κ2) is 10.7. The molecule has 4 heterocycles. The van der Waals surface area contributed by atoms with Crippen LogP contribution in [0.4, 0.5) is 4.79 Å². The highest BCUT2D eigenvalue weighted by molar-refractivity contribution is 7.18. The van der Waals surface area contributed by atoms with E-state index in [-0.39, 0.29) is 30.2 Å². The molecular weight excluding hydrogens is 480 g/mol. The third kappa shape index (κ3) is 5.05. The third-order valence-electron chi connectivity index (χ3n) is 7.24. The van der Waals surface area contributed by atoms with Crippen LogP contribution < -0.4 is 16.2 Å². The van der Waals surface area contributed by atoms with Crippen molar-refractivity contribution in [3.63, 3.8) is 0 Å². The maximum absolute atomic E-state index is 12.9. The van der Waals surface area contributed by atoms with Crippen molar-refractivity contribution in [1.29, 1.82) is 0 Å². The summed E-state index contributed by atoms with van der Waals surface area (Å²) >= 11 is 1.68. The summed E-state index contributed by atoms with van der Waals surface area (Å²) in [5, 5.41) is 6.45. The van der Waals surface area contributed by atoms with Gasteiger partial charge in [-0.2, -0.15) is 0 Å². The van der Waals surface area contributed by atoms with E-state index < -0.39 is 0 Å². The number of H-pyrrole nitrogens is 1. The first kappa shape index (κ1) is 24.9. The number of aromatic nitrogens is 2. The van der Waals surface area contributed by atoms with Crippen molar-refractivity contribution in [3.05, 3.63) is 37.9 Å². The molecule has 2 aromatic heterocycles. The van der Waals surface area contributed by atoms with Crippen molar-refractivity contribution < 1.29 is 14.3 Å². The molecule has 1 aliphatic carbocycles. The van der Waals surface area contributed by atoms with Gasteiger partial charge in [0, 0.05) is 43.3 Å². The normalized spacial score (nSPS) is 21.3. The number of esters is 1. The van der Waals surface area contributed by atoms with Crippen LogP contribution in [0.5, 0.6) is 0 Å². The minimum absolute atomic E-state index is 0.0152. The molecule has 3 N–H and O–H groups in total. The van der Waals surface area contributed by atoms with Crippen LogP contribution in [-0.2, 0) is 28.9 Å². The van der Waals surface area contributed by atoms with Gasteiger partial charge >= 0.3 is 12.0 Å². The molecule has 0 radical (unpaired) electrons. The van der Waals surface area contributed by atoms with Crippen LogP contribution in [0.2, 0.25) is 0 Å². The quantitative estimate of drug-likeness (QED) is 0.483. The molecule has 11 heteroatoms. The van der Waals surface area contributed by atoms with Gasteiger partial charge < -0.3 is 20.4 Å². The van der Waals surface area contributed by atoms with E-state index in [0.29, 0.717) is 36.6 Å². The van der Waals surface area contributed by atoms with Crippen LogP contribution in [0.25, 0.3) is 10.2 Å². The maximum atomic E-state index is 12.9. The SMILES string of the molecule is CCOC(=O)C1=C(CN2CCN(Cc3nc4sc5c(c4c(=O)[nH]3)CCCC5)CC2)NC(=O)N[C@H]1CC. The van der Waals surface area contributed by atoms with E-state index in [1.54, 1.807) is 18.3 Å². The summed E-state index contributed by atoms with van der Waals surface area (Å²) in [5.74, 6) is 0.328. The molecule has 1 atom stereocenters. The summed E-state index contributed by atoms with van der Waals surface area (Å²) in [6.07, 6.45) is 4.97. The lowest BCUT2D eigenvalue weighted by atomic mass is 9.97. The number of ether oxygens (including phenoxy) is 1. The summed E-state index contributed by atoms with van der Waals surface area (Å²) in [7, 11) is 0. The molecule has 0 aromatic carbocycles. The highest BCUT2D eigenvalue weighted by Gasteiger charge is 2.32. The zero-order valence-corrected chi connectivity index (χ0v) is 21.8. The van der Waals surface area contributed by atoms with Crippen LogP contribution >= 0.6 is 11.3 Å². The number of hydrogen-bond acceptors (Lipinski definition) is 8. The number of piperazine rings is 1. The van der Waals surface area contributed by atoms with Crippen LogP contribution in [0.1, 0.15) is 49.4 Å². The Kier molecular flexibility index (Phi) is 7.40. The zero-order chi connectivity index (χ0) is 25.2. The van der Waals surface area contributed by atoms with E-state index in [2.05, 4.69) is 25.4 Å². The Hall–Kier alpha value is -2.76. The highest BCUT2D eigenvalue weighted by Crippen LogP contribution is 2.33. The highest BCUT2D eigenvalue weighted by atomic mass is 32.1.